The third kappa shape index (κ3) is 2.22. The minimum absolute atomic E-state index is 0.822. The molecule has 13 heavy (non-hydrogen) atoms. The van der Waals surface area contributed by atoms with Crippen molar-refractivity contribution in [1.29, 1.82) is 0 Å². The summed E-state index contributed by atoms with van der Waals surface area (Å²) < 4.78 is 0. The average molecular weight is 190 g/mol. The first-order chi connectivity index (χ1) is 6.45. The van der Waals surface area contributed by atoms with E-state index < -0.39 is 0 Å². The lowest BCUT2D eigenvalue weighted by molar-refractivity contribution is 0.905. The highest BCUT2D eigenvalue weighted by atomic mass is 32.2. The van der Waals surface area contributed by atoms with Crippen molar-refractivity contribution in [3.05, 3.63) is 36.7 Å². The molecule has 0 aliphatic carbocycles. The maximum Gasteiger partial charge on any atom is 0.125 e. The second kappa shape index (κ2) is 3.95. The van der Waals surface area contributed by atoms with Crippen LogP contribution in [0.15, 0.2) is 46.7 Å². The number of nitrogens with zero attached hydrogens (tertiary/aromatic N) is 4. The molecule has 0 bridgehead atoms. The zero-order chi connectivity index (χ0) is 8.93. The minimum atomic E-state index is 0.822. The van der Waals surface area contributed by atoms with Gasteiger partial charge in [0.25, 0.3) is 0 Å². The van der Waals surface area contributed by atoms with E-state index in [0.717, 1.165) is 10.1 Å². The van der Waals surface area contributed by atoms with Crippen LogP contribution in [0.25, 0.3) is 0 Å². The summed E-state index contributed by atoms with van der Waals surface area (Å²) in [5.74, 6) is 0. The Morgan fingerprint density at radius 2 is 1.38 bits per heavy atom. The van der Waals surface area contributed by atoms with Gasteiger partial charge < -0.3 is 0 Å². The van der Waals surface area contributed by atoms with E-state index in [9.17, 15) is 0 Å². The largest absolute Gasteiger partial charge is 0.158 e. The third-order valence-electron chi connectivity index (χ3n) is 1.30. The molecule has 0 saturated carbocycles. The molecule has 4 nitrogen and oxygen atoms in total. The molecule has 0 atom stereocenters. The van der Waals surface area contributed by atoms with Crippen LogP contribution in [0.1, 0.15) is 0 Å². The molecule has 0 fully saturated rings. The van der Waals surface area contributed by atoms with Crippen LogP contribution < -0.4 is 0 Å². The quantitative estimate of drug-likeness (QED) is 0.716. The van der Waals surface area contributed by atoms with Gasteiger partial charge in [0, 0.05) is 12.4 Å². The molecule has 2 rings (SSSR count). The van der Waals surface area contributed by atoms with Crippen LogP contribution in [-0.2, 0) is 0 Å². The molecular formula is C8H6N4S. The molecule has 0 aromatic carbocycles. The second-order valence-corrected chi connectivity index (χ2v) is 3.27. The van der Waals surface area contributed by atoms with Crippen molar-refractivity contribution >= 4 is 11.8 Å². The van der Waals surface area contributed by atoms with Gasteiger partial charge in [-0.15, -0.1) is 10.2 Å². The van der Waals surface area contributed by atoms with E-state index in [1.807, 2.05) is 24.3 Å². The van der Waals surface area contributed by atoms with Crippen LogP contribution in [0.5, 0.6) is 0 Å². The summed E-state index contributed by atoms with van der Waals surface area (Å²) in [6.45, 7) is 0. The van der Waals surface area contributed by atoms with Crippen LogP contribution in [0, 0.1) is 0 Å². The average Bonchev–Trinajstić information content (AvgIpc) is 2.21. The SMILES string of the molecule is c1cnnc(Sc2cccnn2)c1. The molecule has 0 aliphatic heterocycles. The van der Waals surface area contributed by atoms with Crippen molar-refractivity contribution in [2.24, 2.45) is 0 Å². The van der Waals surface area contributed by atoms with Gasteiger partial charge >= 0.3 is 0 Å². The molecule has 0 unspecified atom stereocenters. The fourth-order valence-electron chi connectivity index (χ4n) is 0.791. The van der Waals surface area contributed by atoms with Gasteiger partial charge in [-0.05, 0) is 36.0 Å². The van der Waals surface area contributed by atoms with E-state index in [1.54, 1.807) is 12.4 Å². The van der Waals surface area contributed by atoms with Crippen molar-refractivity contribution in [2.45, 2.75) is 10.1 Å². The lowest BCUT2D eigenvalue weighted by Gasteiger charge is -1.95. The first-order valence-corrected chi connectivity index (χ1v) is 4.50. The fourth-order valence-corrected chi connectivity index (χ4v) is 1.47. The molecule has 2 aromatic rings. The fraction of sp³-hybridized carbons (Fsp3) is 0. The van der Waals surface area contributed by atoms with Crippen molar-refractivity contribution in [3.63, 3.8) is 0 Å². The molecule has 0 saturated heterocycles. The highest BCUT2D eigenvalue weighted by Gasteiger charge is 1.98. The zero-order valence-corrected chi connectivity index (χ0v) is 7.48. The van der Waals surface area contributed by atoms with Gasteiger partial charge in [0.05, 0.1) is 0 Å². The highest BCUT2D eigenvalue weighted by molar-refractivity contribution is 7.99. The summed E-state index contributed by atoms with van der Waals surface area (Å²) in [5.41, 5.74) is 0. The van der Waals surface area contributed by atoms with Crippen molar-refractivity contribution in [2.75, 3.05) is 0 Å². The van der Waals surface area contributed by atoms with Gasteiger partial charge in [0.1, 0.15) is 10.1 Å². The van der Waals surface area contributed by atoms with Crippen LogP contribution in [0.2, 0.25) is 0 Å². The summed E-state index contributed by atoms with van der Waals surface area (Å²) in [4.78, 5) is 0. The molecule has 2 aromatic heterocycles. The number of hydrogen-bond donors (Lipinski definition) is 0. The lowest BCUT2D eigenvalue weighted by atomic mass is 10.6. The van der Waals surface area contributed by atoms with Crippen LogP contribution >= 0.6 is 11.8 Å². The normalized spacial score (nSPS) is 9.85. The van der Waals surface area contributed by atoms with Gasteiger partial charge in [-0.3, -0.25) is 0 Å². The molecule has 0 N–H and O–H groups in total. The van der Waals surface area contributed by atoms with Gasteiger partial charge in [-0.2, -0.15) is 10.2 Å². The summed E-state index contributed by atoms with van der Waals surface area (Å²) in [7, 11) is 0. The molecule has 5 heteroatoms. The van der Waals surface area contributed by atoms with E-state index in [0.29, 0.717) is 0 Å². The molecule has 64 valence electrons. The first-order valence-electron chi connectivity index (χ1n) is 3.68. The second-order valence-electron chi connectivity index (χ2n) is 2.23. The maximum absolute atomic E-state index is 3.92. The van der Waals surface area contributed by atoms with E-state index in [2.05, 4.69) is 20.4 Å². The van der Waals surface area contributed by atoms with E-state index in [1.165, 1.54) is 11.8 Å². The standard InChI is InChI=1S/C8H6N4S/c1-3-7(11-9-5-1)13-8-4-2-6-10-12-8/h1-6H. The van der Waals surface area contributed by atoms with E-state index in [4.69, 9.17) is 0 Å². The molecule has 0 spiro atoms. The predicted molar refractivity (Wildman–Crippen MR) is 48.2 cm³/mol. The molecule has 0 aliphatic rings. The minimum Gasteiger partial charge on any atom is -0.158 e. The lowest BCUT2D eigenvalue weighted by Crippen LogP contribution is -1.85. The Bertz CT molecular complexity index is 327. The predicted octanol–water partition coefficient (Wildman–Crippen LogP) is 1.42. The summed E-state index contributed by atoms with van der Waals surface area (Å²) in [6.07, 6.45) is 3.28. The molecule has 0 amide bonds. The Balaban J connectivity index is 2.16. The van der Waals surface area contributed by atoms with Crippen molar-refractivity contribution in [3.8, 4) is 0 Å². The highest BCUT2D eigenvalue weighted by Crippen LogP contribution is 2.21. The Labute approximate surface area is 79.4 Å². The van der Waals surface area contributed by atoms with Gasteiger partial charge in [0.2, 0.25) is 0 Å². The Morgan fingerprint density at radius 3 is 1.77 bits per heavy atom. The Hall–Kier alpha value is -1.49. The van der Waals surface area contributed by atoms with Crippen LogP contribution in [-0.4, -0.2) is 20.4 Å². The van der Waals surface area contributed by atoms with Crippen molar-refractivity contribution in [1.82, 2.24) is 20.4 Å². The molecular weight excluding hydrogens is 184 g/mol. The van der Waals surface area contributed by atoms with Gasteiger partial charge in [0.15, 0.2) is 0 Å². The Morgan fingerprint density at radius 1 is 0.846 bits per heavy atom. The van der Waals surface area contributed by atoms with Gasteiger partial charge in [-0.25, -0.2) is 0 Å². The van der Waals surface area contributed by atoms with E-state index in [-0.39, 0.29) is 0 Å². The summed E-state index contributed by atoms with van der Waals surface area (Å²) >= 11 is 1.44. The number of aromatic nitrogens is 4. The first kappa shape index (κ1) is 8.12. The Kier molecular flexibility index (Phi) is 2.47. The van der Waals surface area contributed by atoms with Gasteiger partial charge in [-0.1, -0.05) is 0 Å². The van der Waals surface area contributed by atoms with Crippen molar-refractivity contribution < 1.29 is 0 Å². The maximum atomic E-state index is 3.92. The zero-order valence-electron chi connectivity index (χ0n) is 6.66. The summed E-state index contributed by atoms with van der Waals surface area (Å²) in [6, 6.07) is 7.44. The molecule has 2 heterocycles. The smallest absolute Gasteiger partial charge is 0.125 e. The van der Waals surface area contributed by atoms with E-state index >= 15 is 0 Å². The monoisotopic (exact) mass is 190 g/mol. The topological polar surface area (TPSA) is 51.6 Å². The molecule has 0 radical (unpaired) electrons. The van der Waals surface area contributed by atoms with Crippen LogP contribution in [0.4, 0.5) is 0 Å². The van der Waals surface area contributed by atoms with Crippen LogP contribution in [0.3, 0.4) is 0 Å². The number of hydrogen-bond acceptors (Lipinski definition) is 5. The number of rotatable bonds is 2. The summed E-state index contributed by atoms with van der Waals surface area (Å²) in [5, 5.41) is 17.0. The third-order valence-corrected chi connectivity index (χ3v) is 2.16.